The van der Waals surface area contributed by atoms with Crippen molar-refractivity contribution in [2.45, 2.75) is 58.7 Å². The first-order valence-electron chi connectivity index (χ1n) is 5.64. The van der Waals surface area contributed by atoms with E-state index in [1.165, 1.54) is 25.7 Å². The van der Waals surface area contributed by atoms with Gasteiger partial charge in [0.2, 0.25) is 0 Å². The molecule has 1 aliphatic rings. The van der Waals surface area contributed by atoms with E-state index in [9.17, 15) is 5.11 Å². The fourth-order valence-corrected chi connectivity index (χ4v) is 2.71. The first-order valence-corrected chi connectivity index (χ1v) is 5.64. The summed E-state index contributed by atoms with van der Waals surface area (Å²) in [6.07, 6.45) is 4.95. The van der Waals surface area contributed by atoms with Gasteiger partial charge < -0.3 is 5.11 Å². The number of nitrogens with zero attached hydrogens (tertiary/aromatic N) is 1. The van der Waals surface area contributed by atoms with Crippen LogP contribution in [0.15, 0.2) is 0 Å². The lowest BCUT2D eigenvalue weighted by atomic mass is 9.99. The molecule has 0 aromatic heterocycles. The van der Waals surface area contributed by atoms with Crippen LogP contribution in [0, 0.1) is 5.92 Å². The second kappa shape index (κ2) is 4.97. The average molecular weight is 185 g/mol. The van der Waals surface area contributed by atoms with Gasteiger partial charge in [-0.3, -0.25) is 4.90 Å². The van der Waals surface area contributed by atoms with Crippen LogP contribution in [-0.4, -0.2) is 28.8 Å². The van der Waals surface area contributed by atoms with E-state index in [1.807, 2.05) is 6.92 Å². The van der Waals surface area contributed by atoms with Crippen LogP contribution in [0.4, 0.5) is 0 Å². The Hall–Kier alpha value is -0.0800. The maximum absolute atomic E-state index is 9.61. The van der Waals surface area contributed by atoms with Crippen LogP contribution in [0.25, 0.3) is 0 Å². The van der Waals surface area contributed by atoms with E-state index in [1.54, 1.807) is 0 Å². The van der Waals surface area contributed by atoms with Crippen molar-refractivity contribution in [3.05, 3.63) is 0 Å². The number of hydrogen-bond acceptors (Lipinski definition) is 2. The standard InChI is InChI=1S/C11H23NO/c1-4-10-7-6-8-11(10)12(5-2)9(3)13/h9-11,13H,4-8H2,1-3H3. The predicted molar refractivity (Wildman–Crippen MR) is 55.5 cm³/mol. The molecular weight excluding hydrogens is 162 g/mol. The van der Waals surface area contributed by atoms with Gasteiger partial charge in [-0.05, 0) is 32.2 Å². The van der Waals surface area contributed by atoms with E-state index < -0.39 is 0 Å². The maximum Gasteiger partial charge on any atom is 0.104 e. The molecule has 0 heterocycles. The van der Waals surface area contributed by atoms with E-state index >= 15 is 0 Å². The van der Waals surface area contributed by atoms with Crippen molar-refractivity contribution in [3.63, 3.8) is 0 Å². The Morgan fingerprint density at radius 3 is 2.54 bits per heavy atom. The van der Waals surface area contributed by atoms with Gasteiger partial charge in [0.1, 0.15) is 6.23 Å². The summed E-state index contributed by atoms with van der Waals surface area (Å²) in [6, 6.07) is 0.634. The second-order valence-electron chi connectivity index (χ2n) is 4.13. The second-order valence-corrected chi connectivity index (χ2v) is 4.13. The Morgan fingerprint density at radius 2 is 2.08 bits per heavy atom. The van der Waals surface area contributed by atoms with Crippen LogP contribution >= 0.6 is 0 Å². The molecule has 0 aromatic rings. The van der Waals surface area contributed by atoms with Crippen molar-refractivity contribution in [2.75, 3.05) is 6.54 Å². The van der Waals surface area contributed by atoms with E-state index in [-0.39, 0.29) is 6.23 Å². The average Bonchev–Trinajstić information content (AvgIpc) is 2.53. The SMILES string of the molecule is CCC1CCCC1N(CC)C(C)O. The first kappa shape index (κ1) is 11.0. The summed E-state index contributed by atoms with van der Waals surface area (Å²) in [7, 11) is 0. The molecule has 1 N–H and O–H groups in total. The van der Waals surface area contributed by atoms with Gasteiger partial charge in [0.25, 0.3) is 0 Å². The van der Waals surface area contributed by atoms with Gasteiger partial charge in [0.05, 0.1) is 0 Å². The van der Waals surface area contributed by atoms with E-state index in [0.29, 0.717) is 6.04 Å². The van der Waals surface area contributed by atoms with Gasteiger partial charge in [-0.2, -0.15) is 0 Å². The Kier molecular flexibility index (Phi) is 4.20. The number of rotatable bonds is 4. The molecule has 2 heteroatoms. The molecule has 1 saturated carbocycles. The summed E-state index contributed by atoms with van der Waals surface area (Å²) in [6.45, 7) is 7.25. The lowest BCUT2D eigenvalue weighted by Crippen LogP contribution is -2.43. The quantitative estimate of drug-likeness (QED) is 0.679. The Bertz CT molecular complexity index is 147. The molecule has 0 amide bonds. The monoisotopic (exact) mass is 185 g/mol. The molecule has 0 radical (unpaired) electrons. The third-order valence-electron chi connectivity index (χ3n) is 3.41. The molecule has 1 rings (SSSR count). The molecule has 0 aromatic carbocycles. The fourth-order valence-electron chi connectivity index (χ4n) is 2.71. The van der Waals surface area contributed by atoms with Crippen molar-refractivity contribution in [1.29, 1.82) is 0 Å². The normalized spacial score (nSPS) is 31.2. The molecule has 0 bridgehead atoms. The zero-order chi connectivity index (χ0) is 9.84. The lowest BCUT2D eigenvalue weighted by Gasteiger charge is -2.33. The molecule has 0 aliphatic heterocycles. The van der Waals surface area contributed by atoms with E-state index in [4.69, 9.17) is 0 Å². The van der Waals surface area contributed by atoms with Crippen LogP contribution in [0.1, 0.15) is 46.5 Å². The Balaban J connectivity index is 2.56. The molecule has 1 fully saturated rings. The van der Waals surface area contributed by atoms with Gasteiger partial charge in [-0.15, -0.1) is 0 Å². The molecule has 0 spiro atoms. The van der Waals surface area contributed by atoms with Crippen molar-refractivity contribution in [2.24, 2.45) is 5.92 Å². The van der Waals surface area contributed by atoms with Crippen LogP contribution in [0.5, 0.6) is 0 Å². The van der Waals surface area contributed by atoms with Gasteiger partial charge in [0, 0.05) is 6.04 Å². The highest BCUT2D eigenvalue weighted by Crippen LogP contribution is 2.32. The van der Waals surface area contributed by atoms with Gasteiger partial charge in [-0.1, -0.05) is 26.7 Å². The highest BCUT2D eigenvalue weighted by atomic mass is 16.3. The molecule has 1 aliphatic carbocycles. The number of aliphatic hydroxyl groups excluding tert-OH is 1. The number of hydrogen-bond donors (Lipinski definition) is 1. The highest BCUT2D eigenvalue weighted by molar-refractivity contribution is 4.84. The summed E-state index contributed by atoms with van der Waals surface area (Å²) in [5.74, 6) is 0.814. The minimum atomic E-state index is -0.276. The zero-order valence-corrected chi connectivity index (χ0v) is 9.16. The van der Waals surface area contributed by atoms with Gasteiger partial charge >= 0.3 is 0 Å². The third kappa shape index (κ3) is 2.44. The van der Waals surface area contributed by atoms with Crippen LogP contribution in [0.2, 0.25) is 0 Å². The van der Waals surface area contributed by atoms with E-state index in [2.05, 4.69) is 18.7 Å². The third-order valence-corrected chi connectivity index (χ3v) is 3.41. The van der Waals surface area contributed by atoms with Crippen molar-refractivity contribution < 1.29 is 5.11 Å². The Labute approximate surface area is 81.9 Å². The summed E-state index contributed by atoms with van der Waals surface area (Å²) in [5.41, 5.74) is 0. The number of aliphatic hydroxyl groups is 1. The van der Waals surface area contributed by atoms with E-state index in [0.717, 1.165) is 12.5 Å². The molecule has 13 heavy (non-hydrogen) atoms. The van der Waals surface area contributed by atoms with Gasteiger partial charge in [0.15, 0.2) is 0 Å². The maximum atomic E-state index is 9.61. The Morgan fingerprint density at radius 1 is 1.38 bits per heavy atom. The molecule has 2 nitrogen and oxygen atoms in total. The summed E-state index contributed by atoms with van der Waals surface area (Å²) in [4.78, 5) is 2.24. The topological polar surface area (TPSA) is 23.5 Å². The first-order chi connectivity index (χ1) is 6.20. The lowest BCUT2D eigenvalue weighted by molar-refractivity contribution is -0.0191. The molecule has 78 valence electrons. The predicted octanol–water partition coefficient (Wildman–Crippen LogP) is 2.23. The summed E-state index contributed by atoms with van der Waals surface area (Å²) >= 11 is 0. The zero-order valence-electron chi connectivity index (χ0n) is 9.16. The van der Waals surface area contributed by atoms with Crippen molar-refractivity contribution >= 4 is 0 Å². The fraction of sp³-hybridized carbons (Fsp3) is 1.00. The summed E-state index contributed by atoms with van der Waals surface area (Å²) in [5, 5.41) is 9.61. The largest absolute Gasteiger partial charge is 0.379 e. The van der Waals surface area contributed by atoms with Crippen LogP contribution < -0.4 is 0 Å². The highest BCUT2D eigenvalue weighted by Gasteiger charge is 2.31. The molecule has 3 unspecified atom stereocenters. The molecule has 0 saturated heterocycles. The minimum Gasteiger partial charge on any atom is -0.379 e. The van der Waals surface area contributed by atoms with Crippen molar-refractivity contribution in [3.8, 4) is 0 Å². The molecule has 3 atom stereocenters. The van der Waals surface area contributed by atoms with Crippen molar-refractivity contribution in [1.82, 2.24) is 4.90 Å². The van der Waals surface area contributed by atoms with Crippen LogP contribution in [0.3, 0.4) is 0 Å². The smallest absolute Gasteiger partial charge is 0.104 e. The van der Waals surface area contributed by atoms with Crippen LogP contribution in [-0.2, 0) is 0 Å². The van der Waals surface area contributed by atoms with Gasteiger partial charge in [-0.25, -0.2) is 0 Å². The molecular formula is C11H23NO. The minimum absolute atomic E-state index is 0.276. The summed E-state index contributed by atoms with van der Waals surface area (Å²) < 4.78 is 0.